The zero-order valence-electron chi connectivity index (χ0n) is 8.94. The molecule has 0 atom stereocenters. The molecule has 0 bridgehead atoms. The summed E-state index contributed by atoms with van der Waals surface area (Å²) in [4.78, 5) is 4.00. The normalized spacial score (nSPS) is 10.3. The number of halogens is 1. The van der Waals surface area contributed by atoms with E-state index in [9.17, 15) is 0 Å². The molecular weight excluding hydrogens is 264 g/mol. The summed E-state index contributed by atoms with van der Waals surface area (Å²) in [6.45, 7) is 2.01. The first-order valence-corrected chi connectivity index (χ1v) is 6.09. The van der Waals surface area contributed by atoms with Crippen LogP contribution in [0.15, 0.2) is 53.3 Å². The highest BCUT2D eigenvalue weighted by Gasteiger charge is 1.97. The molecule has 82 valence electrons. The Hall–Kier alpha value is -1.19. The first-order valence-electron chi connectivity index (χ1n) is 5.29. The van der Waals surface area contributed by atoms with Crippen molar-refractivity contribution in [3.63, 3.8) is 0 Å². The van der Waals surface area contributed by atoms with Crippen molar-refractivity contribution in [2.24, 2.45) is 0 Å². The van der Waals surface area contributed by atoms with Gasteiger partial charge in [-0.2, -0.15) is 0 Å². The fourth-order valence-corrected chi connectivity index (χ4v) is 1.81. The first-order chi connectivity index (χ1) is 7.84. The molecule has 1 aromatic carbocycles. The van der Waals surface area contributed by atoms with Crippen LogP contribution in [0.2, 0.25) is 0 Å². The molecule has 2 rings (SSSR count). The SMILES string of the molecule is Brc1ccc(C[NH2+]Cc2ccncc2)cc1. The average Bonchev–Trinajstić information content (AvgIpc) is 2.33. The van der Waals surface area contributed by atoms with Crippen LogP contribution in [-0.2, 0) is 13.1 Å². The van der Waals surface area contributed by atoms with Crippen LogP contribution >= 0.6 is 15.9 Å². The molecule has 2 nitrogen and oxygen atoms in total. The van der Waals surface area contributed by atoms with Gasteiger partial charge in [0.05, 0.1) is 0 Å². The number of quaternary nitrogens is 1. The van der Waals surface area contributed by atoms with E-state index in [2.05, 4.69) is 62.6 Å². The van der Waals surface area contributed by atoms with Crippen molar-refractivity contribution < 1.29 is 5.32 Å². The molecule has 0 saturated carbocycles. The number of hydrogen-bond donors (Lipinski definition) is 1. The largest absolute Gasteiger partial charge is 0.339 e. The minimum absolute atomic E-state index is 0.999. The molecule has 2 N–H and O–H groups in total. The molecule has 0 fully saturated rings. The van der Waals surface area contributed by atoms with Crippen molar-refractivity contribution in [2.45, 2.75) is 13.1 Å². The van der Waals surface area contributed by atoms with Crippen LogP contribution in [0, 0.1) is 0 Å². The van der Waals surface area contributed by atoms with E-state index in [4.69, 9.17) is 0 Å². The lowest BCUT2D eigenvalue weighted by Gasteiger charge is -2.02. The van der Waals surface area contributed by atoms with Gasteiger partial charge in [-0.3, -0.25) is 4.98 Å². The minimum atomic E-state index is 0.999. The van der Waals surface area contributed by atoms with E-state index < -0.39 is 0 Å². The predicted molar refractivity (Wildman–Crippen MR) is 67.7 cm³/mol. The highest BCUT2D eigenvalue weighted by atomic mass is 79.9. The number of hydrogen-bond acceptors (Lipinski definition) is 1. The lowest BCUT2D eigenvalue weighted by atomic mass is 10.2. The molecule has 2 aromatic rings. The van der Waals surface area contributed by atoms with Crippen LogP contribution in [-0.4, -0.2) is 4.98 Å². The number of rotatable bonds is 4. The van der Waals surface area contributed by atoms with Gasteiger partial charge in [-0.1, -0.05) is 28.1 Å². The van der Waals surface area contributed by atoms with E-state index in [1.165, 1.54) is 11.1 Å². The topological polar surface area (TPSA) is 29.5 Å². The monoisotopic (exact) mass is 277 g/mol. The fourth-order valence-electron chi connectivity index (χ4n) is 1.54. The number of nitrogens with zero attached hydrogens (tertiary/aromatic N) is 1. The summed E-state index contributed by atoms with van der Waals surface area (Å²) < 4.78 is 1.13. The Morgan fingerprint density at radius 2 is 1.44 bits per heavy atom. The van der Waals surface area contributed by atoms with Gasteiger partial charge in [0, 0.05) is 28.0 Å². The molecule has 0 radical (unpaired) electrons. The molecule has 0 spiro atoms. The standard InChI is InChI=1S/C13H13BrN2/c14-13-3-1-11(2-4-13)9-16-10-12-5-7-15-8-6-12/h1-8,16H,9-10H2/p+1. The summed E-state index contributed by atoms with van der Waals surface area (Å²) in [6, 6.07) is 12.6. The third-order valence-corrected chi connectivity index (χ3v) is 2.95. The predicted octanol–water partition coefficient (Wildman–Crippen LogP) is 2.11. The summed E-state index contributed by atoms with van der Waals surface area (Å²) >= 11 is 3.43. The van der Waals surface area contributed by atoms with E-state index in [0.717, 1.165) is 17.6 Å². The lowest BCUT2D eigenvalue weighted by Crippen LogP contribution is -2.80. The van der Waals surface area contributed by atoms with Gasteiger partial charge in [-0.15, -0.1) is 0 Å². The van der Waals surface area contributed by atoms with Crippen molar-refractivity contribution >= 4 is 15.9 Å². The van der Waals surface area contributed by atoms with E-state index in [1.807, 2.05) is 12.4 Å². The Bertz CT molecular complexity index is 425. The van der Waals surface area contributed by atoms with Crippen LogP contribution in [0.4, 0.5) is 0 Å². The van der Waals surface area contributed by atoms with Crippen molar-refractivity contribution in [3.05, 3.63) is 64.4 Å². The third kappa shape index (κ3) is 3.43. The second-order valence-electron chi connectivity index (χ2n) is 3.68. The summed E-state index contributed by atoms with van der Waals surface area (Å²) in [6.07, 6.45) is 3.67. The molecular formula is C13H14BrN2+. The molecule has 0 aliphatic carbocycles. The van der Waals surface area contributed by atoms with E-state index in [1.54, 1.807) is 0 Å². The second kappa shape index (κ2) is 5.77. The summed E-state index contributed by atoms with van der Waals surface area (Å²) in [5, 5.41) is 2.29. The maximum Gasteiger partial charge on any atom is 0.102 e. The number of pyridine rings is 1. The molecule has 3 heteroatoms. The van der Waals surface area contributed by atoms with Gasteiger partial charge in [0.15, 0.2) is 0 Å². The van der Waals surface area contributed by atoms with Crippen LogP contribution in [0.25, 0.3) is 0 Å². The van der Waals surface area contributed by atoms with E-state index in [0.29, 0.717) is 0 Å². The van der Waals surface area contributed by atoms with Gasteiger partial charge >= 0.3 is 0 Å². The van der Waals surface area contributed by atoms with Gasteiger partial charge in [0.25, 0.3) is 0 Å². The number of nitrogens with two attached hydrogens (primary N) is 1. The van der Waals surface area contributed by atoms with E-state index >= 15 is 0 Å². The quantitative estimate of drug-likeness (QED) is 0.912. The zero-order valence-corrected chi connectivity index (χ0v) is 10.5. The maximum atomic E-state index is 4.00. The molecule has 0 amide bonds. The Morgan fingerprint density at radius 1 is 0.875 bits per heavy atom. The average molecular weight is 278 g/mol. The highest BCUT2D eigenvalue weighted by molar-refractivity contribution is 9.10. The molecule has 1 heterocycles. The van der Waals surface area contributed by atoms with Gasteiger partial charge in [-0.05, 0) is 24.3 Å². The number of benzene rings is 1. The zero-order chi connectivity index (χ0) is 11.2. The van der Waals surface area contributed by atoms with Crippen LogP contribution in [0.5, 0.6) is 0 Å². The number of aromatic nitrogens is 1. The van der Waals surface area contributed by atoms with Crippen LogP contribution in [0.1, 0.15) is 11.1 Å². The Labute approximate surface area is 104 Å². The molecule has 16 heavy (non-hydrogen) atoms. The summed E-state index contributed by atoms with van der Waals surface area (Å²) in [7, 11) is 0. The maximum absolute atomic E-state index is 4.00. The van der Waals surface area contributed by atoms with Crippen molar-refractivity contribution in [1.82, 2.24) is 4.98 Å². The Morgan fingerprint density at radius 3 is 2.06 bits per heavy atom. The molecule has 0 aliphatic heterocycles. The van der Waals surface area contributed by atoms with Crippen LogP contribution < -0.4 is 5.32 Å². The van der Waals surface area contributed by atoms with Crippen LogP contribution in [0.3, 0.4) is 0 Å². The molecule has 0 saturated heterocycles. The van der Waals surface area contributed by atoms with Gasteiger partial charge < -0.3 is 5.32 Å². The molecule has 0 unspecified atom stereocenters. The first kappa shape index (κ1) is 11.3. The Balaban J connectivity index is 1.82. The Kier molecular flexibility index (Phi) is 4.08. The van der Waals surface area contributed by atoms with Gasteiger partial charge in [-0.25, -0.2) is 0 Å². The molecule has 1 aromatic heterocycles. The van der Waals surface area contributed by atoms with E-state index in [-0.39, 0.29) is 0 Å². The van der Waals surface area contributed by atoms with Crippen molar-refractivity contribution in [2.75, 3.05) is 0 Å². The van der Waals surface area contributed by atoms with Crippen molar-refractivity contribution in [1.29, 1.82) is 0 Å². The second-order valence-corrected chi connectivity index (χ2v) is 4.59. The lowest BCUT2D eigenvalue weighted by molar-refractivity contribution is -0.686. The summed E-state index contributed by atoms with van der Waals surface area (Å²) in [5.41, 5.74) is 2.66. The third-order valence-electron chi connectivity index (χ3n) is 2.42. The smallest absolute Gasteiger partial charge is 0.102 e. The summed E-state index contributed by atoms with van der Waals surface area (Å²) in [5.74, 6) is 0. The van der Waals surface area contributed by atoms with Crippen molar-refractivity contribution in [3.8, 4) is 0 Å². The highest BCUT2D eigenvalue weighted by Crippen LogP contribution is 2.09. The molecule has 0 aliphatic rings. The van der Waals surface area contributed by atoms with Gasteiger partial charge in [0.1, 0.15) is 13.1 Å². The van der Waals surface area contributed by atoms with Gasteiger partial charge in [0.2, 0.25) is 0 Å². The fraction of sp³-hybridized carbons (Fsp3) is 0.154. The minimum Gasteiger partial charge on any atom is -0.339 e.